The lowest BCUT2D eigenvalue weighted by Gasteiger charge is -2.24. The van der Waals surface area contributed by atoms with Crippen molar-refractivity contribution in [2.45, 2.75) is 38.5 Å². The van der Waals surface area contributed by atoms with Crippen molar-refractivity contribution in [3.8, 4) is 0 Å². The minimum Gasteiger partial charge on any atom is -0.341 e. The second-order valence-corrected chi connectivity index (χ2v) is 7.90. The second-order valence-electron chi connectivity index (χ2n) is 7.90. The Morgan fingerprint density at radius 1 is 1.04 bits per heavy atom. The molecule has 1 aromatic heterocycles. The number of amides is 2. The van der Waals surface area contributed by atoms with Gasteiger partial charge in [-0.15, -0.1) is 0 Å². The molecular formula is C21H28N4O2. The first kappa shape index (κ1) is 18.0. The monoisotopic (exact) mass is 368 g/mol. The van der Waals surface area contributed by atoms with E-state index in [1.807, 2.05) is 39.6 Å². The molecule has 0 radical (unpaired) electrons. The molecule has 2 aliphatic rings. The van der Waals surface area contributed by atoms with E-state index in [-0.39, 0.29) is 11.8 Å². The molecule has 1 saturated carbocycles. The third-order valence-corrected chi connectivity index (χ3v) is 6.01. The molecule has 144 valence electrons. The van der Waals surface area contributed by atoms with E-state index in [0.717, 1.165) is 48.9 Å². The van der Waals surface area contributed by atoms with Crippen molar-refractivity contribution >= 4 is 22.8 Å². The molecule has 6 heteroatoms. The van der Waals surface area contributed by atoms with Gasteiger partial charge in [-0.2, -0.15) is 0 Å². The van der Waals surface area contributed by atoms with Gasteiger partial charge in [0.25, 0.3) is 0 Å². The number of hydrogen-bond acceptors (Lipinski definition) is 3. The molecule has 1 saturated heterocycles. The van der Waals surface area contributed by atoms with Crippen molar-refractivity contribution in [3.63, 3.8) is 0 Å². The van der Waals surface area contributed by atoms with Crippen LogP contribution in [0.1, 0.15) is 37.7 Å². The van der Waals surface area contributed by atoms with Crippen LogP contribution < -0.4 is 0 Å². The summed E-state index contributed by atoms with van der Waals surface area (Å²) < 4.78 is 1.98. The van der Waals surface area contributed by atoms with E-state index in [1.54, 1.807) is 6.33 Å². The number of carbonyl (C=O) groups is 2. The minimum atomic E-state index is 0.139. The zero-order valence-electron chi connectivity index (χ0n) is 16.1. The van der Waals surface area contributed by atoms with Crippen molar-refractivity contribution in [3.05, 3.63) is 30.1 Å². The van der Waals surface area contributed by atoms with Gasteiger partial charge in [0.15, 0.2) is 0 Å². The van der Waals surface area contributed by atoms with Crippen LogP contribution in [0.3, 0.4) is 0 Å². The number of hydrogen-bond donors (Lipinski definition) is 0. The Morgan fingerprint density at radius 2 is 1.78 bits per heavy atom. The summed E-state index contributed by atoms with van der Waals surface area (Å²) in [5.74, 6) is 0.667. The smallest absolute Gasteiger partial charge is 0.227 e. The third-order valence-electron chi connectivity index (χ3n) is 6.01. The molecule has 27 heavy (non-hydrogen) atoms. The molecule has 1 aliphatic carbocycles. The van der Waals surface area contributed by atoms with Crippen molar-refractivity contribution < 1.29 is 9.59 Å². The number of aryl methyl sites for hydroxylation is 1. The van der Waals surface area contributed by atoms with E-state index < -0.39 is 0 Å². The molecule has 6 nitrogen and oxygen atoms in total. The molecule has 0 atom stereocenters. The summed E-state index contributed by atoms with van der Waals surface area (Å²) in [5.41, 5.74) is 2.99. The van der Waals surface area contributed by atoms with Crippen LogP contribution in [0.4, 0.5) is 0 Å². The van der Waals surface area contributed by atoms with Crippen LogP contribution in [0, 0.1) is 5.92 Å². The van der Waals surface area contributed by atoms with Crippen molar-refractivity contribution in [1.82, 2.24) is 19.4 Å². The molecule has 0 N–H and O–H groups in total. The fourth-order valence-corrected chi connectivity index (χ4v) is 4.40. The van der Waals surface area contributed by atoms with Crippen LogP contribution in [-0.4, -0.2) is 57.3 Å². The molecule has 1 aliphatic heterocycles. The summed E-state index contributed by atoms with van der Waals surface area (Å²) >= 11 is 0. The zero-order valence-corrected chi connectivity index (χ0v) is 16.1. The number of nitrogens with zero attached hydrogens (tertiary/aromatic N) is 4. The van der Waals surface area contributed by atoms with Gasteiger partial charge < -0.3 is 14.4 Å². The lowest BCUT2D eigenvalue weighted by atomic mass is 10.1. The van der Waals surface area contributed by atoms with Gasteiger partial charge >= 0.3 is 0 Å². The number of benzene rings is 1. The van der Waals surface area contributed by atoms with Crippen LogP contribution in [0.2, 0.25) is 0 Å². The van der Waals surface area contributed by atoms with Crippen molar-refractivity contribution in [2.24, 2.45) is 13.0 Å². The highest BCUT2D eigenvalue weighted by atomic mass is 16.2. The highest BCUT2D eigenvalue weighted by molar-refractivity contribution is 5.82. The fourth-order valence-electron chi connectivity index (χ4n) is 4.40. The number of carbonyl (C=O) groups excluding carboxylic acids is 2. The fraction of sp³-hybridized carbons (Fsp3) is 0.571. The lowest BCUT2D eigenvalue weighted by Crippen LogP contribution is -2.39. The first-order chi connectivity index (χ1) is 13.1. The summed E-state index contributed by atoms with van der Waals surface area (Å²) in [6.45, 7) is 2.82. The quantitative estimate of drug-likeness (QED) is 0.836. The number of fused-ring (bicyclic) bond motifs is 1. The van der Waals surface area contributed by atoms with Gasteiger partial charge in [-0.25, -0.2) is 4.98 Å². The van der Waals surface area contributed by atoms with Crippen LogP contribution in [0.15, 0.2) is 24.5 Å². The largest absolute Gasteiger partial charge is 0.341 e. The Morgan fingerprint density at radius 3 is 2.59 bits per heavy atom. The summed E-state index contributed by atoms with van der Waals surface area (Å²) in [5, 5.41) is 0. The van der Waals surface area contributed by atoms with Gasteiger partial charge in [-0.3, -0.25) is 9.59 Å². The maximum absolute atomic E-state index is 12.8. The van der Waals surface area contributed by atoms with E-state index in [1.165, 1.54) is 12.8 Å². The first-order valence-electron chi connectivity index (χ1n) is 10.1. The molecule has 1 aromatic carbocycles. The third kappa shape index (κ3) is 3.84. The molecule has 2 aromatic rings. The number of rotatable bonds is 3. The lowest BCUT2D eigenvalue weighted by molar-refractivity contribution is -0.136. The van der Waals surface area contributed by atoms with Crippen LogP contribution in [0.25, 0.3) is 11.0 Å². The molecule has 2 amide bonds. The number of imidazole rings is 1. The normalized spacial score (nSPS) is 18.9. The van der Waals surface area contributed by atoms with Gasteiger partial charge in [-0.1, -0.05) is 18.9 Å². The minimum absolute atomic E-state index is 0.139. The highest BCUT2D eigenvalue weighted by Gasteiger charge is 2.29. The van der Waals surface area contributed by atoms with Gasteiger partial charge in [-0.05, 0) is 37.0 Å². The predicted molar refractivity (Wildman–Crippen MR) is 104 cm³/mol. The van der Waals surface area contributed by atoms with Gasteiger partial charge in [0.2, 0.25) is 11.8 Å². The molecule has 0 bridgehead atoms. The zero-order chi connectivity index (χ0) is 18.8. The Hall–Kier alpha value is -2.37. The van der Waals surface area contributed by atoms with Gasteiger partial charge in [0.05, 0.1) is 23.8 Å². The summed E-state index contributed by atoms with van der Waals surface area (Å²) in [6.07, 6.45) is 7.47. The predicted octanol–water partition coefficient (Wildman–Crippen LogP) is 2.37. The van der Waals surface area contributed by atoms with Crippen molar-refractivity contribution in [1.29, 1.82) is 0 Å². The average molecular weight is 368 g/mol. The Kier molecular flexibility index (Phi) is 5.14. The molecule has 2 heterocycles. The van der Waals surface area contributed by atoms with Crippen molar-refractivity contribution in [2.75, 3.05) is 26.2 Å². The maximum atomic E-state index is 12.8. The van der Waals surface area contributed by atoms with Crippen LogP contribution in [-0.2, 0) is 23.1 Å². The Labute approximate surface area is 160 Å². The van der Waals surface area contributed by atoms with E-state index in [9.17, 15) is 9.59 Å². The van der Waals surface area contributed by atoms with Crippen LogP contribution >= 0.6 is 0 Å². The van der Waals surface area contributed by atoms with E-state index in [0.29, 0.717) is 25.4 Å². The molecular weight excluding hydrogens is 340 g/mol. The van der Waals surface area contributed by atoms with Gasteiger partial charge in [0, 0.05) is 39.1 Å². The molecule has 0 spiro atoms. The molecule has 2 fully saturated rings. The Balaban J connectivity index is 1.36. The number of aromatic nitrogens is 2. The Bertz CT molecular complexity index is 838. The van der Waals surface area contributed by atoms with Crippen LogP contribution in [0.5, 0.6) is 0 Å². The highest BCUT2D eigenvalue weighted by Crippen LogP contribution is 2.27. The standard InChI is InChI=1S/C21H28N4O2/c1-23-15-22-18-13-16(7-8-19(18)23)14-20(26)24-9-4-10-25(12-11-24)21(27)17-5-2-3-6-17/h7-8,13,15,17H,2-6,9-12,14H2,1H3. The van der Waals surface area contributed by atoms with E-state index >= 15 is 0 Å². The van der Waals surface area contributed by atoms with Gasteiger partial charge in [0.1, 0.15) is 0 Å². The summed E-state index contributed by atoms with van der Waals surface area (Å²) in [6, 6.07) is 6.03. The van der Waals surface area contributed by atoms with E-state index in [4.69, 9.17) is 0 Å². The average Bonchev–Trinajstić information content (AvgIpc) is 3.25. The first-order valence-corrected chi connectivity index (χ1v) is 10.1. The summed E-state index contributed by atoms with van der Waals surface area (Å²) in [7, 11) is 1.97. The maximum Gasteiger partial charge on any atom is 0.227 e. The molecule has 0 unspecified atom stereocenters. The summed E-state index contributed by atoms with van der Waals surface area (Å²) in [4.78, 5) is 33.7. The van der Waals surface area contributed by atoms with E-state index in [2.05, 4.69) is 4.98 Å². The topological polar surface area (TPSA) is 58.4 Å². The second kappa shape index (κ2) is 7.71. The molecule has 4 rings (SSSR count). The SMILES string of the molecule is Cn1cnc2cc(CC(=O)N3CCCN(C(=O)C4CCCC4)CC3)ccc21.